The summed E-state index contributed by atoms with van der Waals surface area (Å²) in [6.07, 6.45) is 9.19. The standard InChI is InChI=1S/C22H27N5O2S2/c1-13(2)10-27-11-15(16-8-25-30-12-16)7-18(22(27)29)26-17-5-3-14(4-6-17)21-24-9-19(31-21)20(23)28/h7-9,11-14,17,26H,3-6,10H2,1-2H3,(H2,23,28)/t14-,17+. The zero-order valence-corrected chi connectivity index (χ0v) is 19.3. The van der Waals surface area contributed by atoms with Gasteiger partial charge in [-0.3, -0.25) is 9.59 Å². The average Bonchev–Trinajstić information content (AvgIpc) is 3.43. The first-order valence-corrected chi connectivity index (χ1v) is 12.2. The van der Waals surface area contributed by atoms with E-state index in [4.69, 9.17) is 5.73 Å². The molecular formula is C22H27N5O2S2. The minimum absolute atomic E-state index is 0.0220. The number of carbonyl (C=O) groups is 1. The van der Waals surface area contributed by atoms with Crippen LogP contribution in [0, 0.1) is 5.92 Å². The smallest absolute Gasteiger partial charge is 0.273 e. The highest BCUT2D eigenvalue weighted by atomic mass is 32.1. The summed E-state index contributed by atoms with van der Waals surface area (Å²) in [5.41, 5.74) is 8.07. The zero-order chi connectivity index (χ0) is 22.0. The summed E-state index contributed by atoms with van der Waals surface area (Å²) in [5, 5.41) is 6.51. The van der Waals surface area contributed by atoms with Gasteiger partial charge in [0.2, 0.25) is 0 Å². The van der Waals surface area contributed by atoms with Crippen molar-refractivity contribution < 1.29 is 4.79 Å². The van der Waals surface area contributed by atoms with Crippen LogP contribution in [0.15, 0.2) is 34.8 Å². The van der Waals surface area contributed by atoms with Crippen molar-refractivity contribution in [2.75, 3.05) is 5.32 Å². The van der Waals surface area contributed by atoms with Crippen LogP contribution in [0.3, 0.4) is 0 Å². The van der Waals surface area contributed by atoms with Gasteiger partial charge >= 0.3 is 0 Å². The molecule has 164 valence electrons. The summed E-state index contributed by atoms with van der Waals surface area (Å²) in [7, 11) is 0. The molecule has 4 rings (SSSR count). The Balaban J connectivity index is 1.49. The number of amides is 1. The van der Waals surface area contributed by atoms with Crippen LogP contribution in [-0.4, -0.2) is 25.9 Å². The number of hydrogen-bond acceptors (Lipinski definition) is 7. The predicted molar refractivity (Wildman–Crippen MR) is 126 cm³/mol. The number of nitrogens with two attached hydrogens (primary N) is 1. The third-order valence-corrected chi connectivity index (χ3v) is 7.38. The van der Waals surface area contributed by atoms with Crippen LogP contribution in [0.4, 0.5) is 5.69 Å². The van der Waals surface area contributed by atoms with E-state index >= 15 is 0 Å². The van der Waals surface area contributed by atoms with E-state index in [1.807, 2.05) is 28.4 Å². The molecule has 3 N–H and O–H groups in total. The molecule has 31 heavy (non-hydrogen) atoms. The van der Waals surface area contributed by atoms with E-state index in [2.05, 4.69) is 28.5 Å². The van der Waals surface area contributed by atoms with E-state index < -0.39 is 5.91 Å². The molecule has 0 aromatic carbocycles. The van der Waals surface area contributed by atoms with E-state index in [1.165, 1.54) is 22.9 Å². The van der Waals surface area contributed by atoms with Gasteiger partial charge in [0.25, 0.3) is 11.5 Å². The Hall–Kier alpha value is -2.52. The first-order chi connectivity index (χ1) is 14.9. The largest absolute Gasteiger partial charge is 0.378 e. The van der Waals surface area contributed by atoms with Gasteiger partial charge in [0.05, 0.1) is 11.2 Å². The molecule has 9 heteroatoms. The average molecular weight is 458 g/mol. The van der Waals surface area contributed by atoms with E-state index in [9.17, 15) is 9.59 Å². The fraction of sp³-hybridized carbons (Fsp3) is 0.455. The molecule has 0 saturated heterocycles. The number of thiazole rings is 1. The topological polar surface area (TPSA) is 103 Å². The van der Waals surface area contributed by atoms with Gasteiger partial charge in [-0.2, -0.15) is 0 Å². The van der Waals surface area contributed by atoms with Gasteiger partial charge in [0, 0.05) is 47.4 Å². The number of rotatable bonds is 7. The van der Waals surface area contributed by atoms with E-state index in [0.29, 0.717) is 28.9 Å². The minimum atomic E-state index is -0.419. The van der Waals surface area contributed by atoms with Crippen LogP contribution in [0.2, 0.25) is 0 Å². The molecule has 0 atom stereocenters. The third kappa shape index (κ3) is 5.04. The summed E-state index contributed by atoms with van der Waals surface area (Å²) in [6, 6.07) is 2.19. The highest BCUT2D eigenvalue weighted by Crippen LogP contribution is 2.36. The Morgan fingerprint density at radius 2 is 2.03 bits per heavy atom. The van der Waals surface area contributed by atoms with Gasteiger partial charge in [0.15, 0.2) is 0 Å². The molecule has 0 radical (unpaired) electrons. The molecule has 3 heterocycles. The number of hydrogen-bond donors (Lipinski definition) is 2. The van der Waals surface area contributed by atoms with Gasteiger partial charge in [0.1, 0.15) is 10.6 Å². The molecule has 7 nitrogen and oxygen atoms in total. The Morgan fingerprint density at radius 3 is 2.65 bits per heavy atom. The van der Waals surface area contributed by atoms with Crippen LogP contribution in [0.5, 0.6) is 0 Å². The van der Waals surface area contributed by atoms with Gasteiger partial charge in [-0.25, -0.2) is 9.36 Å². The summed E-state index contributed by atoms with van der Waals surface area (Å²) in [5.74, 6) is 0.301. The van der Waals surface area contributed by atoms with Crippen molar-refractivity contribution in [3.63, 3.8) is 0 Å². The van der Waals surface area contributed by atoms with Crippen LogP contribution in [0.1, 0.15) is 60.1 Å². The van der Waals surface area contributed by atoms with Crippen molar-refractivity contribution in [1.29, 1.82) is 0 Å². The third-order valence-electron chi connectivity index (χ3n) is 5.62. The van der Waals surface area contributed by atoms with Crippen molar-refractivity contribution in [2.24, 2.45) is 11.7 Å². The lowest BCUT2D eigenvalue weighted by Gasteiger charge is -2.29. The van der Waals surface area contributed by atoms with Crippen molar-refractivity contribution in [3.05, 3.63) is 50.3 Å². The molecule has 0 spiro atoms. The number of aromatic nitrogens is 3. The van der Waals surface area contributed by atoms with Crippen LogP contribution in [0.25, 0.3) is 11.1 Å². The van der Waals surface area contributed by atoms with Crippen molar-refractivity contribution in [2.45, 2.75) is 58.0 Å². The maximum atomic E-state index is 13.1. The molecule has 1 saturated carbocycles. The fourth-order valence-electron chi connectivity index (χ4n) is 4.07. The van der Waals surface area contributed by atoms with Gasteiger partial charge in [-0.05, 0) is 49.2 Å². The van der Waals surface area contributed by atoms with Crippen molar-refractivity contribution >= 4 is 34.5 Å². The summed E-state index contributed by atoms with van der Waals surface area (Å²) in [4.78, 5) is 29.3. The van der Waals surface area contributed by atoms with E-state index in [0.717, 1.165) is 41.8 Å². The normalized spacial score (nSPS) is 18.9. The lowest BCUT2D eigenvalue weighted by molar-refractivity contribution is 0.100. The van der Waals surface area contributed by atoms with E-state index in [1.54, 1.807) is 6.20 Å². The monoisotopic (exact) mass is 457 g/mol. The Kier molecular flexibility index (Phi) is 6.52. The molecule has 0 unspecified atom stereocenters. The van der Waals surface area contributed by atoms with E-state index in [-0.39, 0.29) is 11.6 Å². The molecule has 1 fully saturated rings. The second-order valence-electron chi connectivity index (χ2n) is 8.53. The van der Waals surface area contributed by atoms with Gasteiger partial charge in [-0.15, -0.1) is 11.3 Å². The SMILES string of the molecule is CC(C)Cn1cc(-c2cnsc2)cc(N[C@H]2CC[C@@H](c3ncc(C(N)=O)s3)CC2)c1=O. The first-order valence-electron chi connectivity index (χ1n) is 10.6. The number of carbonyl (C=O) groups excluding carboxylic acids is 1. The number of nitrogens with one attached hydrogen (secondary N) is 1. The number of nitrogens with zero attached hydrogens (tertiary/aromatic N) is 3. The molecule has 3 aromatic heterocycles. The minimum Gasteiger partial charge on any atom is -0.378 e. The van der Waals surface area contributed by atoms with Crippen LogP contribution in [-0.2, 0) is 6.54 Å². The zero-order valence-electron chi connectivity index (χ0n) is 17.7. The maximum absolute atomic E-state index is 13.1. The summed E-state index contributed by atoms with van der Waals surface area (Å²) in [6.45, 7) is 4.90. The fourth-order valence-corrected chi connectivity index (χ4v) is 5.55. The number of pyridine rings is 1. The lowest BCUT2D eigenvalue weighted by atomic mass is 9.86. The molecule has 1 aliphatic rings. The summed E-state index contributed by atoms with van der Waals surface area (Å²) >= 11 is 2.81. The maximum Gasteiger partial charge on any atom is 0.273 e. The van der Waals surface area contributed by atoms with Gasteiger partial charge < -0.3 is 15.6 Å². The molecular weight excluding hydrogens is 430 g/mol. The second-order valence-corrected chi connectivity index (χ2v) is 10.2. The highest BCUT2D eigenvalue weighted by Gasteiger charge is 2.26. The van der Waals surface area contributed by atoms with Crippen LogP contribution < -0.4 is 16.6 Å². The molecule has 3 aromatic rings. The first kappa shape index (κ1) is 21.7. The molecule has 1 aliphatic carbocycles. The quantitative estimate of drug-likeness (QED) is 0.550. The Morgan fingerprint density at radius 1 is 1.26 bits per heavy atom. The molecule has 0 aliphatic heterocycles. The predicted octanol–water partition coefficient (Wildman–Crippen LogP) is 4.32. The molecule has 0 bridgehead atoms. The Labute approximate surface area is 189 Å². The van der Waals surface area contributed by atoms with Crippen molar-refractivity contribution in [3.8, 4) is 11.1 Å². The highest BCUT2D eigenvalue weighted by molar-refractivity contribution is 7.13. The lowest BCUT2D eigenvalue weighted by Crippen LogP contribution is -2.31. The van der Waals surface area contributed by atoms with Crippen molar-refractivity contribution in [1.82, 2.24) is 13.9 Å². The second kappa shape index (κ2) is 9.32. The number of anilines is 1. The molecule has 1 amide bonds. The van der Waals surface area contributed by atoms with Crippen LogP contribution >= 0.6 is 22.9 Å². The Bertz CT molecular complexity index is 1100. The summed E-state index contributed by atoms with van der Waals surface area (Å²) < 4.78 is 6.02. The number of primary amides is 1. The van der Waals surface area contributed by atoms with Gasteiger partial charge in [-0.1, -0.05) is 13.8 Å².